The second kappa shape index (κ2) is 8.16. The third-order valence-electron chi connectivity index (χ3n) is 8.11. The lowest BCUT2D eigenvalue weighted by Gasteiger charge is -2.48. The molecule has 166 valence electrons. The fraction of sp³-hybridized carbons (Fsp3) is 0.571. The Morgan fingerprint density at radius 1 is 1.00 bits per heavy atom. The summed E-state index contributed by atoms with van der Waals surface area (Å²) in [4.78, 5) is 2.47. The van der Waals surface area contributed by atoms with Crippen LogP contribution in [0.3, 0.4) is 0 Å². The molecule has 1 aliphatic heterocycles. The highest BCUT2D eigenvalue weighted by molar-refractivity contribution is 5.50. The lowest BCUT2D eigenvalue weighted by atomic mass is 9.62. The maximum Gasteiger partial charge on any atom is 0.119 e. The minimum absolute atomic E-state index is 0.236. The first-order valence-corrected chi connectivity index (χ1v) is 12.2. The van der Waals surface area contributed by atoms with E-state index in [9.17, 15) is 0 Å². The molecule has 2 bridgehead atoms. The maximum atomic E-state index is 5.46. The predicted octanol–water partition coefficient (Wildman–Crippen LogP) is 6.29. The molecular formula is C28H38N2O. The summed E-state index contributed by atoms with van der Waals surface area (Å²) >= 11 is 0. The Morgan fingerprint density at radius 2 is 1.71 bits per heavy atom. The van der Waals surface area contributed by atoms with Crippen LogP contribution >= 0.6 is 0 Å². The second-order valence-corrected chi connectivity index (χ2v) is 11.0. The number of rotatable bonds is 4. The van der Waals surface area contributed by atoms with Crippen molar-refractivity contribution in [3.63, 3.8) is 0 Å². The Bertz CT molecular complexity index is 903. The van der Waals surface area contributed by atoms with Gasteiger partial charge in [-0.2, -0.15) is 0 Å². The van der Waals surface area contributed by atoms with Crippen LogP contribution in [0.15, 0.2) is 42.5 Å². The summed E-state index contributed by atoms with van der Waals surface area (Å²) in [6.45, 7) is 5.98. The van der Waals surface area contributed by atoms with E-state index in [1.165, 1.54) is 54.5 Å². The number of nitrogens with one attached hydrogen (secondary N) is 1. The number of anilines is 1. The Balaban J connectivity index is 1.34. The molecule has 3 nitrogen and oxygen atoms in total. The van der Waals surface area contributed by atoms with Gasteiger partial charge < -0.3 is 10.1 Å². The zero-order valence-corrected chi connectivity index (χ0v) is 19.7. The van der Waals surface area contributed by atoms with Gasteiger partial charge in [0.15, 0.2) is 0 Å². The van der Waals surface area contributed by atoms with Gasteiger partial charge in [0, 0.05) is 17.8 Å². The van der Waals surface area contributed by atoms with Crippen molar-refractivity contribution in [2.45, 2.75) is 64.0 Å². The van der Waals surface area contributed by atoms with Gasteiger partial charge in [0.25, 0.3) is 0 Å². The highest BCUT2D eigenvalue weighted by Crippen LogP contribution is 2.47. The monoisotopic (exact) mass is 418 g/mol. The van der Waals surface area contributed by atoms with Gasteiger partial charge in [0.2, 0.25) is 0 Å². The van der Waals surface area contributed by atoms with Gasteiger partial charge in [-0.1, -0.05) is 25.1 Å². The molecule has 5 rings (SSSR count). The van der Waals surface area contributed by atoms with Crippen LogP contribution in [0.1, 0.15) is 68.7 Å². The van der Waals surface area contributed by atoms with Gasteiger partial charge in [-0.25, -0.2) is 0 Å². The molecule has 3 aliphatic rings. The summed E-state index contributed by atoms with van der Waals surface area (Å²) in [5.74, 6) is 3.69. The third kappa shape index (κ3) is 4.22. The molecule has 0 spiro atoms. The number of benzene rings is 2. The first-order valence-electron chi connectivity index (χ1n) is 12.2. The average molecular weight is 419 g/mol. The molecule has 0 amide bonds. The molecule has 31 heavy (non-hydrogen) atoms. The van der Waals surface area contributed by atoms with Crippen molar-refractivity contribution in [3.05, 3.63) is 59.2 Å². The summed E-state index contributed by atoms with van der Waals surface area (Å²) in [5.41, 5.74) is 5.71. The molecule has 0 saturated heterocycles. The smallest absolute Gasteiger partial charge is 0.119 e. The normalized spacial score (nSPS) is 32.9. The largest absolute Gasteiger partial charge is 0.497 e. The van der Waals surface area contributed by atoms with E-state index in [1.807, 2.05) is 0 Å². The van der Waals surface area contributed by atoms with Crippen LogP contribution in [0.4, 0.5) is 5.69 Å². The van der Waals surface area contributed by atoms with Crippen molar-refractivity contribution in [3.8, 4) is 5.75 Å². The van der Waals surface area contributed by atoms with Crippen LogP contribution in [0, 0.1) is 17.8 Å². The molecule has 2 aromatic rings. The van der Waals surface area contributed by atoms with Gasteiger partial charge in [0.05, 0.1) is 13.2 Å². The summed E-state index contributed by atoms with van der Waals surface area (Å²) in [6.07, 6.45) is 8.01. The number of nitrogens with zero attached hydrogens (tertiary/aromatic N) is 1. The summed E-state index contributed by atoms with van der Waals surface area (Å²) in [7, 11) is 3.99. The van der Waals surface area contributed by atoms with Crippen LogP contribution in [0.5, 0.6) is 5.75 Å². The van der Waals surface area contributed by atoms with Crippen molar-refractivity contribution in [1.29, 1.82) is 0 Å². The van der Waals surface area contributed by atoms with E-state index in [-0.39, 0.29) is 5.54 Å². The van der Waals surface area contributed by atoms with Crippen LogP contribution in [-0.4, -0.2) is 31.1 Å². The Kier molecular flexibility index (Phi) is 5.50. The standard InChI is InChI=1S/C28H38N2O/c1-19-13-20-15-21(14-19)18-28(2,17-20)29-24-7-5-22(6-8-24)27-26-10-9-25(31-4)16-23(26)11-12-30(27)3/h5-10,16,19-21,27,29H,11-15,17-18H2,1-4H3. The van der Waals surface area contributed by atoms with Gasteiger partial charge in [-0.3, -0.25) is 4.90 Å². The van der Waals surface area contributed by atoms with Crippen molar-refractivity contribution in [1.82, 2.24) is 4.90 Å². The summed E-state index contributed by atoms with van der Waals surface area (Å²) in [5, 5.41) is 3.95. The fourth-order valence-electron chi connectivity index (χ4n) is 7.08. The molecule has 0 aromatic heterocycles. The summed E-state index contributed by atoms with van der Waals surface area (Å²) in [6, 6.07) is 16.2. The fourth-order valence-corrected chi connectivity index (χ4v) is 7.08. The molecule has 3 atom stereocenters. The first kappa shape index (κ1) is 20.9. The van der Waals surface area contributed by atoms with E-state index in [0.717, 1.165) is 36.5 Å². The van der Waals surface area contributed by atoms with Gasteiger partial charge >= 0.3 is 0 Å². The molecule has 3 unspecified atom stereocenters. The van der Waals surface area contributed by atoms with Crippen LogP contribution in [-0.2, 0) is 6.42 Å². The molecule has 2 aliphatic carbocycles. The van der Waals surface area contributed by atoms with Crippen molar-refractivity contribution >= 4 is 5.69 Å². The second-order valence-electron chi connectivity index (χ2n) is 11.0. The van der Waals surface area contributed by atoms with E-state index in [1.54, 1.807) is 7.11 Å². The summed E-state index contributed by atoms with van der Waals surface area (Å²) < 4.78 is 5.46. The van der Waals surface area contributed by atoms with E-state index >= 15 is 0 Å². The molecule has 2 aromatic carbocycles. The van der Waals surface area contributed by atoms with Crippen molar-refractivity contribution < 1.29 is 4.74 Å². The van der Waals surface area contributed by atoms with Crippen molar-refractivity contribution in [2.75, 3.05) is 26.0 Å². The van der Waals surface area contributed by atoms with E-state index in [2.05, 4.69) is 73.6 Å². The number of fused-ring (bicyclic) bond motifs is 3. The number of methoxy groups -OCH3 is 1. The molecule has 1 heterocycles. The first-order chi connectivity index (χ1) is 14.9. The Morgan fingerprint density at radius 3 is 2.39 bits per heavy atom. The topological polar surface area (TPSA) is 24.5 Å². The molecule has 1 N–H and O–H groups in total. The van der Waals surface area contributed by atoms with Gasteiger partial charge in [0.1, 0.15) is 5.75 Å². The minimum Gasteiger partial charge on any atom is -0.497 e. The Hall–Kier alpha value is -2.00. The number of hydrogen-bond donors (Lipinski definition) is 1. The Labute approximate surface area is 188 Å². The predicted molar refractivity (Wildman–Crippen MR) is 129 cm³/mol. The lowest BCUT2D eigenvalue weighted by molar-refractivity contribution is 0.102. The van der Waals surface area contributed by atoms with Crippen LogP contribution in [0.2, 0.25) is 0 Å². The molecular weight excluding hydrogens is 380 g/mol. The number of hydrogen-bond acceptors (Lipinski definition) is 3. The van der Waals surface area contributed by atoms with Crippen LogP contribution in [0.25, 0.3) is 0 Å². The quantitative estimate of drug-likeness (QED) is 0.631. The number of likely N-dealkylation sites (N-methyl/N-ethyl adjacent to an activating group) is 1. The van der Waals surface area contributed by atoms with E-state index in [0.29, 0.717) is 6.04 Å². The zero-order chi connectivity index (χ0) is 21.6. The molecule has 2 saturated carbocycles. The van der Waals surface area contributed by atoms with E-state index < -0.39 is 0 Å². The molecule has 3 heteroatoms. The van der Waals surface area contributed by atoms with E-state index in [4.69, 9.17) is 4.74 Å². The molecule has 0 radical (unpaired) electrons. The van der Waals surface area contributed by atoms with Gasteiger partial charge in [-0.05, 0) is 111 Å². The highest BCUT2D eigenvalue weighted by Gasteiger charge is 2.40. The lowest BCUT2D eigenvalue weighted by Crippen LogP contribution is -2.45. The average Bonchev–Trinajstić information content (AvgIpc) is 2.73. The SMILES string of the molecule is COc1ccc2c(c1)CCN(C)C2c1ccc(NC2(C)CC3CC(C)CC(C3)C2)cc1. The zero-order valence-electron chi connectivity index (χ0n) is 19.7. The van der Waals surface area contributed by atoms with Crippen LogP contribution < -0.4 is 10.1 Å². The number of ether oxygens (including phenoxy) is 1. The molecule has 2 fully saturated rings. The van der Waals surface area contributed by atoms with Crippen molar-refractivity contribution in [2.24, 2.45) is 17.8 Å². The third-order valence-corrected chi connectivity index (χ3v) is 8.11. The maximum absolute atomic E-state index is 5.46. The highest BCUT2D eigenvalue weighted by atomic mass is 16.5. The minimum atomic E-state index is 0.236. The van der Waals surface area contributed by atoms with Gasteiger partial charge in [-0.15, -0.1) is 0 Å².